The summed E-state index contributed by atoms with van der Waals surface area (Å²) in [6.07, 6.45) is 14.7. The Morgan fingerprint density at radius 3 is 1.87 bits per heavy atom. The maximum absolute atomic E-state index is 14.0. The van der Waals surface area contributed by atoms with Crippen molar-refractivity contribution < 1.29 is 19.5 Å². The van der Waals surface area contributed by atoms with Crippen LogP contribution in [0.5, 0.6) is 5.75 Å². The molecule has 5 aromatic carbocycles. The Hall–Kier alpha value is -7.10. The maximum Gasteiger partial charge on any atom is 0.259 e. The number of benzene rings is 5. The number of anilines is 5. The van der Waals surface area contributed by atoms with E-state index in [1.807, 2.05) is 18.2 Å². The lowest BCUT2D eigenvalue weighted by Crippen LogP contribution is -2.32. The van der Waals surface area contributed by atoms with Crippen molar-refractivity contribution in [3.05, 3.63) is 125 Å². The van der Waals surface area contributed by atoms with Crippen molar-refractivity contribution in [3.8, 4) is 5.75 Å². The molecule has 1 heterocycles. The summed E-state index contributed by atoms with van der Waals surface area (Å²) in [6, 6.07) is 28.6. The second-order valence-electron chi connectivity index (χ2n) is 17.6. The zero-order valence-corrected chi connectivity index (χ0v) is 37.6. The molecular formula is C52H57N11O4. The van der Waals surface area contributed by atoms with E-state index >= 15 is 0 Å². The number of amides is 1. The summed E-state index contributed by atoms with van der Waals surface area (Å²) in [7, 11) is 0. The van der Waals surface area contributed by atoms with Crippen molar-refractivity contribution in [2.75, 3.05) is 47.4 Å². The molecule has 2 fully saturated rings. The summed E-state index contributed by atoms with van der Waals surface area (Å²) < 4.78 is 0. The van der Waals surface area contributed by atoms with Crippen LogP contribution in [0.15, 0.2) is 107 Å². The van der Waals surface area contributed by atoms with E-state index in [1.165, 1.54) is 64.2 Å². The van der Waals surface area contributed by atoms with E-state index in [2.05, 4.69) is 42.1 Å². The minimum atomic E-state index is -0.583. The van der Waals surface area contributed by atoms with Gasteiger partial charge < -0.3 is 37.0 Å². The largest absolute Gasteiger partial charge is 0.505 e. The number of azo groups is 1. The molecular weight excluding hydrogens is 843 g/mol. The van der Waals surface area contributed by atoms with Gasteiger partial charge in [-0.15, -0.1) is 10.2 Å². The van der Waals surface area contributed by atoms with E-state index in [0.717, 1.165) is 25.9 Å². The van der Waals surface area contributed by atoms with Gasteiger partial charge in [0.1, 0.15) is 5.69 Å². The predicted molar refractivity (Wildman–Crippen MR) is 263 cm³/mol. The summed E-state index contributed by atoms with van der Waals surface area (Å²) in [4.78, 5) is 55.1. The zero-order valence-electron chi connectivity index (χ0n) is 37.6. The number of phenols is 1. The number of carbonyl (C=O) groups is 3. The lowest BCUT2D eigenvalue weighted by molar-refractivity contribution is 0.0979. The molecule has 9 rings (SSSR count). The molecule has 1 aromatic heterocycles. The molecule has 1 amide bonds. The van der Waals surface area contributed by atoms with Crippen LogP contribution in [0, 0.1) is 0 Å². The molecule has 15 heteroatoms. The Morgan fingerprint density at radius 2 is 1.18 bits per heavy atom. The van der Waals surface area contributed by atoms with E-state index in [9.17, 15) is 19.5 Å². The van der Waals surface area contributed by atoms with Gasteiger partial charge in [0.05, 0.1) is 16.8 Å². The van der Waals surface area contributed by atoms with Crippen LogP contribution in [0.3, 0.4) is 0 Å². The number of fused-ring (bicyclic) bond motifs is 3. The highest BCUT2D eigenvalue weighted by atomic mass is 16.3. The number of carbonyl (C=O) groups excluding carboxylic acids is 3. The highest BCUT2D eigenvalue weighted by molar-refractivity contribution is 6.30. The summed E-state index contributed by atoms with van der Waals surface area (Å²) in [5.41, 5.74) is 2.22. The van der Waals surface area contributed by atoms with E-state index < -0.39 is 11.7 Å². The molecule has 0 bridgehead atoms. The van der Waals surface area contributed by atoms with Crippen LogP contribution in [-0.2, 0) is 0 Å². The molecule has 0 aliphatic heterocycles. The van der Waals surface area contributed by atoms with Gasteiger partial charge in [-0.25, -0.2) is 0 Å². The van der Waals surface area contributed by atoms with Crippen LogP contribution >= 0.6 is 0 Å². The average Bonchev–Trinajstić information content (AvgIpc) is 3.35. The molecule has 344 valence electrons. The quantitative estimate of drug-likeness (QED) is 0.0317. The smallest absolute Gasteiger partial charge is 0.259 e. The lowest BCUT2D eigenvalue weighted by atomic mass is 9.83. The summed E-state index contributed by atoms with van der Waals surface area (Å²) in [5, 5.41) is 42.1. The average molecular weight is 900 g/mol. The Morgan fingerprint density at radius 1 is 0.597 bits per heavy atom. The van der Waals surface area contributed by atoms with Crippen LogP contribution in [0.2, 0.25) is 0 Å². The molecule has 0 unspecified atom stereocenters. The van der Waals surface area contributed by atoms with Gasteiger partial charge in [0.2, 0.25) is 17.8 Å². The normalized spacial score (nSPS) is 15.3. The molecule has 7 N–H and O–H groups in total. The number of aromatic hydroxyl groups is 1. The molecule has 15 nitrogen and oxygen atoms in total. The SMILES string of the molecule is O=C(Nc1cccc(Nc2nc(NCCCNC3CCCCC3)nc(NCCCNC3CCCCC3)n2)c1)c1cc2ccccc2c(N=Nc2cccc3c2C(=O)c2ccccc2C3=O)c1O. The summed E-state index contributed by atoms with van der Waals surface area (Å²) in [6.45, 7) is 3.24. The first-order valence-corrected chi connectivity index (χ1v) is 23.7. The predicted octanol–water partition coefficient (Wildman–Crippen LogP) is 10.4. The fourth-order valence-electron chi connectivity index (χ4n) is 9.30. The monoisotopic (exact) mass is 899 g/mol. The van der Waals surface area contributed by atoms with Gasteiger partial charge in [-0.2, -0.15) is 15.0 Å². The van der Waals surface area contributed by atoms with Gasteiger partial charge in [-0.1, -0.05) is 105 Å². The standard InChI is InChI=1S/C52H57N11O4/c64-46-39-23-9-10-24-40(39)47(65)44-41(46)25-12-26-43(44)62-63-45-38-22-8-7-15-33(38)31-42(48(45)66)49(67)57-36-20-11-21-37(32-36)58-52-60-50(55-29-13-27-53-34-16-3-1-4-17-34)59-51(61-52)56-30-14-28-54-35-18-5-2-6-19-35/h7-12,15,20-26,31-32,34-35,53-54,66H,1-6,13-14,16-19,27-30H2,(H,57,67)(H3,55,56,58,59,60,61). The van der Waals surface area contributed by atoms with Crippen molar-refractivity contribution in [3.63, 3.8) is 0 Å². The molecule has 0 saturated heterocycles. The third-order valence-electron chi connectivity index (χ3n) is 12.8. The molecule has 0 atom stereocenters. The Labute approximate surface area is 390 Å². The second kappa shape index (κ2) is 21.5. The number of rotatable bonds is 18. The number of hydrogen-bond acceptors (Lipinski definition) is 14. The molecule has 3 aliphatic rings. The Kier molecular flexibility index (Phi) is 14.4. The number of aromatic nitrogens is 3. The van der Waals surface area contributed by atoms with Gasteiger partial charge in [0.25, 0.3) is 5.91 Å². The van der Waals surface area contributed by atoms with Gasteiger partial charge in [0, 0.05) is 58.6 Å². The van der Waals surface area contributed by atoms with Crippen molar-refractivity contribution >= 4 is 68.8 Å². The number of phenolic OH excluding ortho intramolecular Hbond substituents is 1. The number of ketones is 2. The van der Waals surface area contributed by atoms with Crippen LogP contribution in [-0.4, -0.2) is 75.8 Å². The van der Waals surface area contributed by atoms with Crippen LogP contribution in [0.25, 0.3) is 10.8 Å². The van der Waals surface area contributed by atoms with Crippen molar-refractivity contribution in [2.24, 2.45) is 10.2 Å². The lowest BCUT2D eigenvalue weighted by Gasteiger charge is -2.22. The van der Waals surface area contributed by atoms with Gasteiger partial charge in [-0.05, 0) is 87.3 Å². The fraction of sp³-hybridized carbons (Fsp3) is 0.346. The second-order valence-corrected chi connectivity index (χ2v) is 17.6. The molecule has 6 aromatic rings. The molecule has 2 saturated carbocycles. The van der Waals surface area contributed by atoms with Crippen LogP contribution in [0.1, 0.15) is 119 Å². The highest BCUT2D eigenvalue weighted by Gasteiger charge is 2.31. The minimum Gasteiger partial charge on any atom is -0.505 e. The molecule has 0 spiro atoms. The molecule has 3 aliphatic carbocycles. The zero-order chi connectivity index (χ0) is 46.0. The third-order valence-corrected chi connectivity index (χ3v) is 12.8. The van der Waals surface area contributed by atoms with Crippen molar-refractivity contribution in [2.45, 2.75) is 89.1 Å². The minimum absolute atomic E-state index is 0.0342. The summed E-state index contributed by atoms with van der Waals surface area (Å²) in [5.74, 6) is -0.353. The van der Waals surface area contributed by atoms with Crippen molar-refractivity contribution in [1.82, 2.24) is 25.6 Å². The Bertz CT molecular complexity index is 2740. The van der Waals surface area contributed by atoms with E-state index in [4.69, 9.17) is 15.0 Å². The first-order chi connectivity index (χ1) is 32.9. The van der Waals surface area contributed by atoms with Gasteiger partial charge in [0.15, 0.2) is 17.3 Å². The maximum atomic E-state index is 14.0. The number of hydrogen-bond donors (Lipinski definition) is 7. The number of nitrogens with one attached hydrogen (secondary N) is 6. The van der Waals surface area contributed by atoms with E-state index in [1.54, 1.807) is 78.9 Å². The van der Waals surface area contributed by atoms with Gasteiger partial charge in [-0.3, -0.25) is 14.4 Å². The van der Waals surface area contributed by atoms with E-state index in [0.29, 0.717) is 70.7 Å². The highest BCUT2D eigenvalue weighted by Crippen LogP contribution is 2.41. The molecule has 0 radical (unpaired) electrons. The first kappa shape index (κ1) is 45.1. The van der Waals surface area contributed by atoms with E-state index in [-0.39, 0.29) is 45.2 Å². The fourth-order valence-corrected chi connectivity index (χ4v) is 9.30. The van der Waals surface area contributed by atoms with Crippen LogP contribution < -0.4 is 31.9 Å². The molecule has 67 heavy (non-hydrogen) atoms. The number of nitrogens with zero attached hydrogens (tertiary/aromatic N) is 5. The third kappa shape index (κ3) is 11.0. The van der Waals surface area contributed by atoms with Gasteiger partial charge >= 0.3 is 0 Å². The first-order valence-electron chi connectivity index (χ1n) is 23.7. The van der Waals surface area contributed by atoms with Crippen molar-refractivity contribution in [1.29, 1.82) is 0 Å². The Balaban J connectivity index is 0.901. The summed E-state index contributed by atoms with van der Waals surface area (Å²) >= 11 is 0. The van der Waals surface area contributed by atoms with Crippen LogP contribution in [0.4, 0.5) is 40.6 Å². The topological polar surface area (TPSA) is 207 Å².